The molecule has 33 heavy (non-hydrogen) atoms. The first-order chi connectivity index (χ1) is 15.4. The van der Waals surface area contributed by atoms with Crippen molar-refractivity contribution in [2.75, 3.05) is 6.54 Å². The first-order valence-electron chi connectivity index (χ1n) is 11.5. The van der Waals surface area contributed by atoms with E-state index >= 15 is 0 Å². The van der Waals surface area contributed by atoms with Gasteiger partial charge in [0.15, 0.2) is 0 Å². The highest BCUT2D eigenvalue weighted by molar-refractivity contribution is 5.94. The van der Waals surface area contributed by atoms with Gasteiger partial charge in [0.25, 0.3) is 0 Å². The van der Waals surface area contributed by atoms with Crippen LogP contribution in [0.1, 0.15) is 66.2 Å². The molecule has 5 unspecified atom stereocenters. The minimum absolute atomic E-state index is 0.0315. The summed E-state index contributed by atoms with van der Waals surface area (Å²) in [5.74, 6) is -4.04. The van der Waals surface area contributed by atoms with Gasteiger partial charge in [0, 0.05) is 13.0 Å². The van der Waals surface area contributed by atoms with Crippen LogP contribution in [0.5, 0.6) is 0 Å². The van der Waals surface area contributed by atoms with Crippen LogP contribution in [0.15, 0.2) is 0 Å². The lowest BCUT2D eigenvalue weighted by Gasteiger charge is -2.32. The summed E-state index contributed by atoms with van der Waals surface area (Å²) in [5.41, 5.74) is 5.77. The molecule has 1 fully saturated rings. The Kier molecular flexibility index (Phi) is 11.3. The number of hydrogen-bond donors (Lipinski definition) is 5. The van der Waals surface area contributed by atoms with E-state index in [0.717, 1.165) is 0 Å². The molecule has 1 aliphatic heterocycles. The van der Waals surface area contributed by atoms with Gasteiger partial charge in [-0.3, -0.25) is 19.2 Å². The van der Waals surface area contributed by atoms with E-state index in [0.29, 0.717) is 25.8 Å². The van der Waals surface area contributed by atoms with Crippen LogP contribution >= 0.6 is 0 Å². The standard InChI is InChI=1S/C22H38N4O7/c1-5-13(4)18(21(31)26-10-6-7-16(26)22(32)33)25-20(30)15(11-12(2)3)24-19(29)14(23)8-9-17(27)28/h12-16,18H,5-11,23H2,1-4H3,(H,24,29)(H,25,30)(H,27,28)(H,32,33). The summed E-state index contributed by atoms with van der Waals surface area (Å²) < 4.78 is 0. The third kappa shape index (κ3) is 8.64. The second-order valence-electron chi connectivity index (χ2n) is 9.13. The Morgan fingerprint density at radius 3 is 2.21 bits per heavy atom. The van der Waals surface area contributed by atoms with E-state index in [1.807, 2.05) is 20.8 Å². The number of carboxylic acid groups (broad SMARTS) is 2. The highest BCUT2D eigenvalue weighted by Gasteiger charge is 2.40. The molecule has 1 saturated heterocycles. The molecule has 0 aliphatic carbocycles. The Morgan fingerprint density at radius 2 is 1.70 bits per heavy atom. The van der Waals surface area contributed by atoms with Gasteiger partial charge >= 0.3 is 11.9 Å². The summed E-state index contributed by atoms with van der Waals surface area (Å²) >= 11 is 0. The smallest absolute Gasteiger partial charge is 0.326 e. The molecule has 0 radical (unpaired) electrons. The van der Waals surface area contributed by atoms with Crippen LogP contribution in [-0.4, -0.2) is 75.5 Å². The maximum atomic E-state index is 13.2. The molecule has 188 valence electrons. The minimum Gasteiger partial charge on any atom is -0.481 e. The predicted octanol–water partition coefficient (Wildman–Crippen LogP) is 0.316. The molecule has 0 aromatic rings. The van der Waals surface area contributed by atoms with E-state index < -0.39 is 53.8 Å². The Balaban J connectivity index is 2.99. The molecule has 6 N–H and O–H groups in total. The van der Waals surface area contributed by atoms with Gasteiger partial charge in [0.2, 0.25) is 17.7 Å². The van der Waals surface area contributed by atoms with Crippen molar-refractivity contribution in [2.24, 2.45) is 17.6 Å². The topological polar surface area (TPSA) is 179 Å². The van der Waals surface area contributed by atoms with Crippen LogP contribution in [0.2, 0.25) is 0 Å². The van der Waals surface area contributed by atoms with Crippen LogP contribution < -0.4 is 16.4 Å². The zero-order valence-corrected chi connectivity index (χ0v) is 19.9. The highest BCUT2D eigenvalue weighted by atomic mass is 16.4. The molecular formula is C22H38N4O7. The number of nitrogens with zero attached hydrogens (tertiary/aromatic N) is 1. The Bertz CT molecular complexity index is 728. The fourth-order valence-corrected chi connectivity index (χ4v) is 3.79. The van der Waals surface area contributed by atoms with E-state index in [4.69, 9.17) is 10.8 Å². The van der Waals surface area contributed by atoms with Gasteiger partial charge < -0.3 is 31.5 Å². The number of amides is 3. The maximum Gasteiger partial charge on any atom is 0.326 e. The number of likely N-dealkylation sites (tertiary alicyclic amines) is 1. The van der Waals surface area contributed by atoms with Crippen LogP contribution in [0.25, 0.3) is 0 Å². The fourth-order valence-electron chi connectivity index (χ4n) is 3.79. The Hall–Kier alpha value is -2.69. The zero-order chi connectivity index (χ0) is 25.3. The first-order valence-corrected chi connectivity index (χ1v) is 11.5. The van der Waals surface area contributed by atoms with Gasteiger partial charge in [-0.15, -0.1) is 0 Å². The summed E-state index contributed by atoms with van der Waals surface area (Å²) in [6.45, 7) is 7.71. The van der Waals surface area contributed by atoms with Gasteiger partial charge in [-0.2, -0.15) is 0 Å². The van der Waals surface area contributed by atoms with E-state index in [2.05, 4.69) is 10.6 Å². The number of aliphatic carboxylic acids is 2. The third-order valence-corrected chi connectivity index (χ3v) is 5.94. The second-order valence-corrected chi connectivity index (χ2v) is 9.13. The first kappa shape index (κ1) is 28.3. The normalized spacial score (nSPS) is 19.5. The van der Waals surface area contributed by atoms with Crippen molar-refractivity contribution in [3.8, 4) is 0 Å². The van der Waals surface area contributed by atoms with Crippen molar-refractivity contribution in [2.45, 2.75) is 90.4 Å². The molecule has 1 aliphatic rings. The maximum absolute atomic E-state index is 13.2. The zero-order valence-electron chi connectivity index (χ0n) is 19.9. The van der Waals surface area contributed by atoms with Crippen molar-refractivity contribution in [3.63, 3.8) is 0 Å². The summed E-state index contributed by atoms with van der Waals surface area (Å²) in [6, 6.07) is -3.91. The quantitative estimate of drug-likeness (QED) is 0.255. The SMILES string of the molecule is CCC(C)C(NC(=O)C(CC(C)C)NC(=O)C(N)CCC(=O)O)C(=O)N1CCCC1C(=O)O. The number of carbonyl (C=O) groups excluding carboxylic acids is 3. The van der Waals surface area contributed by atoms with E-state index in [-0.39, 0.29) is 31.1 Å². The van der Waals surface area contributed by atoms with Gasteiger partial charge in [-0.25, -0.2) is 4.79 Å². The molecule has 0 spiro atoms. The van der Waals surface area contributed by atoms with E-state index in [1.54, 1.807) is 6.92 Å². The number of nitrogens with one attached hydrogen (secondary N) is 2. The monoisotopic (exact) mass is 470 g/mol. The van der Waals surface area contributed by atoms with Gasteiger partial charge in [-0.1, -0.05) is 34.1 Å². The molecule has 1 heterocycles. The average molecular weight is 471 g/mol. The number of carboxylic acids is 2. The van der Waals surface area contributed by atoms with E-state index in [1.165, 1.54) is 4.90 Å². The van der Waals surface area contributed by atoms with Crippen molar-refractivity contribution < 1.29 is 34.2 Å². The molecule has 0 saturated carbocycles. The van der Waals surface area contributed by atoms with Crippen LogP contribution in [-0.2, 0) is 24.0 Å². The minimum atomic E-state index is -1.09. The predicted molar refractivity (Wildman–Crippen MR) is 120 cm³/mol. The number of carbonyl (C=O) groups is 5. The lowest BCUT2D eigenvalue weighted by molar-refractivity contribution is -0.150. The molecular weight excluding hydrogens is 432 g/mol. The van der Waals surface area contributed by atoms with E-state index in [9.17, 15) is 29.1 Å². The summed E-state index contributed by atoms with van der Waals surface area (Å²) in [6.07, 6.45) is 1.44. The molecule has 0 aromatic carbocycles. The Labute approximate surface area is 194 Å². The van der Waals surface area contributed by atoms with Gasteiger partial charge in [0.1, 0.15) is 18.1 Å². The molecule has 3 amide bonds. The molecule has 0 aromatic heterocycles. The molecule has 5 atom stereocenters. The van der Waals surface area contributed by atoms with Crippen LogP contribution in [0.4, 0.5) is 0 Å². The van der Waals surface area contributed by atoms with Gasteiger partial charge in [0.05, 0.1) is 6.04 Å². The molecule has 11 nitrogen and oxygen atoms in total. The molecule has 1 rings (SSSR count). The number of nitrogens with two attached hydrogens (primary N) is 1. The fraction of sp³-hybridized carbons (Fsp3) is 0.773. The summed E-state index contributed by atoms with van der Waals surface area (Å²) in [4.78, 5) is 62.3. The lowest BCUT2D eigenvalue weighted by atomic mass is 9.96. The summed E-state index contributed by atoms with van der Waals surface area (Å²) in [7, 11) is 0. The molecule has 0 bridgehead atoms. The highest BCUT2D eigenvalue weighted by Crippen LogP contribution is 2.21. The largest absolute Gasteiger partial charge is 0.481 e. The lowest BCUT2D eigenvalue weighted by Crippen LogP contribution is -2.58. The number of hydrogen-bond acceptors (Lipinski definition) is 6. The van der Waals surface area contributed by atoms with Crippen LogP contribution in [0, 0.1) is 11.8 Å². The van der Waals surface area contributed by atoms with Gasteiger partial charge in [-0.05, 0) is 37.5 Å². The van der Waals surface area contributed by atoms with Crippen molar-refractivity contribution >= 4 is 29.7 Å². The average Bonchev–Trinajstić information content (AvgIpc) is 3.24. The molecule has 11 heteroatoms. The third-order valence-electron chi connectivity index (χ3n) is 5.94. The second kappa shape index (κ2) is 13.1. The summed E-state index contributed by atoms with van der Waals surface area (Å²) in [5, 5.41) is 23.5. The van der Waals surface area contributed by atoms with Crippen molar-refractivity contribution in [1.29, 1.82) is 0 Å². The van der Waals surface area contributed by atoms with Crippen molar-refractivity contribution in [3.05, 3.63) is 0 Å². The van der Waals surface area contributed by atoms with Crippen molar-refractivity contribution in [1.82, 2.24) is 15.5 Å². The van der Waals surface area contributed by atoms with Crippen LogP contribution in [0.3, 0.4) is 0 Å². The number of rotatable bonds is 13. The Morgan fingerprint density at radius 1 is 1.06 bits per heavy atom.